The van der Waals surface area contributed by atoms with Crippen LogP contribution in [0.1, 0.15) is 11.1 Å². The van der Waals surface area contributed by atoms with Crippen molar-refractivity contribution in [2.45, 2.75) is 18.7 Å². The first-order valence-electron chi connectivity index (χ1n) is 4.87. The molecule has 2 aromatic rings. The van der Waals surface area contributed by atoms with E-state index in [-0.39, 0.29) is 4.90 Å². The minimum Gasteiger partial charge on any atom is -0.282 e. The molecule has 4 heteroatoms. The van der Waals surface area contributed by atoms with Crippen LogP contribution in [0.15, 0.2) is 35.2 Å². The summed E-state index contributed by atoms with van der Waals surface area (Å²) in [4.78, 5) is -0.0220. The van der Waals surface area contributed by atoms with E-state index >= 15 is 0 Å². The average Bonchev–Trinajstić information content (AvgIpc) is 2.18. The van der Waals surface area contributed by atoms with Gasteiger partial charge in [0.15, 0.2) is 0 Å². The van der Waals surface area contributed by atoms with Gasteiger partial charge < -0.3 is 0 Å². The highest BCUT2D eigenvalue weighted by molar-refractivity contribution is 7.86. The normalized spacial score (nSPS) is 11.9. The number of rotatable bonds is 1. The predicted octanol–water partition coefficient (Wildman–Crippen LogP) is 2.70. The lowest BCUT2D eigenvalue weighted by molar-refractivity contribution is 0.484. The molecule has 2 rings (SSSR count). The van der Waals surface area contributed by atoms with Crippen LogP contribution in [0.4, 0.5) is 0 Å². The number of aryl methyl sites for hydroxylation is 2. The summed E-state index contributed by atoms with van der Waals surface area (Å²) in [7, 11) is -4.17. The third-order valence-electron chi connectivity index (χ3n) is 2.71. The SMILES string of the molecule is Cc1ccc(S(=O)(=O)O)c2c(C)cccc12. The first-order chi connectivity index (χ1) is 7.41. The van der Waals surface area contributed by atoms with Gasteiger partial charge in [-0.25, -0.2) is 0 Å². The van der Waals surface area contributed by atoms with Crippen LogP contribution in [0.2, 0.25) is 0 Å². The van der Waals surface area contributed by atoms with E-state index < -0.39 is 10.1 Å². The molecule has 0 bridgehead atoms. The molecule has 0 fully saturated rings. The predicted molar refractivity (Wildman–Crippen MR) is 63.2 cm³/mol. The topological polar surface area (TPSA) is 54.4 Å². The fraction of sp³-hybridized carbons (Fsp3) is 0.167. The largest absolute Gasteiger partial charge is 0.295 e. The third-order valence-corrected chi connectivity index (χ3v) is 3.60. The maximum Gasteiger partial charge on any atom is 0.295 e. The van der Waals surface area contributed by atoms with Gasteiger partial charge >= 0.3 is 0 Å². The van der Waals surface area contributed by atoms with Crippen molar-refractivity contribution >= 4 is 20.9 Å². The number of hydrogen-bond donors (Lipinski definition) is 1. The summed E-state index contributed by atoms with van der Waals surface area (Å²) in [6, 6.07) is 8.70. The van der Waals surface area contributed by atoms with Gasteiger partial charge in [0.25, 0.3) is 10.1 Å². The van der Waals surface area contributed by atoms with E-state index in [2.05, 4.69) is 0 Å². The standard InChI is InChI=1S/C12H12O3S/c1-8-6-7-11(16(13,14)15)12-9(2)4-3-5-10(8)12/h3-7H,1-2H3,(H,13,14,15). The van der Waals surface area contributed by atoms with E-state index in [9.17, 15) is 13.0 Å². The van der Waals surface area contributed by atoms with Crippen molar-refractivity contribution < 1.29 is 13.0 Å². The zero-order valence-electron chi connectivity index (χ0n) is 9.06. The fourth-order valence-electron chi connectivity index (χ4n) is 1.91. The van der Waals surface area contributed by atoms with E-state index in [4.69, 9.17) is 0 Å². The third kappa shape index (κ3) is 1.70. The summed E-state index contributed by atoms with van der Waals surface area (Å²) >= 11 is 0. The van der Waals surface area contributed by atoms with Gasteiger partial charge in [-0.2, -0.15) is 8.42 Å². The van der Waals surface area contributed by atoms with E-state index in [1.807, 2.05) is 32.0 Å². The lowest BCUT2D eigenvalue weighted by Gasteiger charge is -2.09. The van der Waals surface area contributed by atoms with Crippen LogP contribution in [0, 0.1) is 13.8 Å². The molecule has 3 nitrogen and oxygen atoms in total. The molecular weight excluding hydrogens is 224 g/mol. The summed E-state index contributed by atoms with van der Waals surface area (Å²) in [5, 5.41) is 1.46. The van der Waals surface area contributed by atoms with E-state index in [0.717, 1.165) is 16.5 Å². The molecule has 1 N–H and O–H groups in total. The highest BCUT2D eigenvalue weighted by atomic mass is 32.2. The van der Waals surface area contributed by atoms with Crippen LogP contribution in [0.5, 0.6) is 0 Å². The molecule has 2 aromatic carbocycles. The quantitative estimate of drug-likeness (QED) is 0.774. The summed E-state index contributed by atoms with van der Waals surface area (Å²) < 4.78 is 31.7. The van der Waals surface area contributed by atoms with Crippen molar-refractivity contribution in [3.05, 3.63) is 41.5 Å². The molecule has 0 heterocycles. The van der Waals surface area contributed by atoms with Crippen molar-refractivity contribution in [1.29, 1.82) is 0 Å². The van der Waals surface area contributed by atoms with Gasteiger partial charge in [0, 0.05) is 5.39 Å². The highest BCUT2D eigenvalue weighted by Crippen LogP contribution is 2.28. The molecule has 0 aliphatic heterocycles. The van der Waals surface area contributed by atoms with Crippen molar-refractivity contribution in [3.8, 4) is 0 Å². The molecule has 0 aromatic heterocycles. The van der Waals surface area contributed by atoms with Gasteiger partial charge in [0.1, 0.15) is 4.90 Å². The van der Waals surface area contributed by atoms with Crippen LogP contribution < -0.4 is 0 Å². The average molecular weight is 236 g/mol. The van der Waals surface area contributed by atoms with E-state index in [1.54, 1.807) is 6.07 Å². The Bertz CT molecular complexity index is 657. The summed E-state index contributed by atoms with van der Waals surface area (Å²) in [5.41, 5.74) is 1.83. The second kappa shape index (κ2) is 3.57. The summed E-state index contributed by atoms with van der Waals surface area (Å²) in [5.74, 6) is 0. The molecule has 0 amide bonds. The van der Waals surface area contributed by atoms with Crippen LogP contribution in [0.3, 0.4) is 0 Å². The van der Waals surface area contributed by atoms with Crippen molar-refractivity contribution in [2.24, 2.45) is 0 Å². The molecule has 0 radical (unpaired) electrons. The Morgan fingerprint density at radius 3 is 2.31 bits per heavy atom. The molecule has 0 saturated carbocycles. The molecule has 0 spiro atoms. The van der Waals surface area contributed by atoms with Crippen molar-refractivity contribution in [1.82, 2.24) is 0 Å². The second-order valence-electron chi connectivity index (χ2n) is 3.85. The number of benzene rings is 2. The van der Waals surface area contributed by atoms with Gasteiger partial charge in [-0.1, -0.05) is 24.3 Å². The molecule has 0 aliphatic carbocycles. The van der Waals surface area contributed by atoms with E-state index in [0.29, 0.717) is 5.39 Å². The van der Waals surface area contributed by atoms with E-state index in [1.165, 1.54) is 6.07 Å². The summed E-state index contributed by atoms with van der Waals surface area (Å²) in [6.45, 7) is 3.74. The minimum absolute atomic E-state index is 0.0220. The van der Waals surface area contributed by atoms with Crippen LogP contribution in [0.25, 0.3) is 10.8 Å². The number of hydrogen-bond acceptors (Lipinski definition) is 2. The van der Waals surface area contributed by atoms with Gasteiger partial charge in [-0.3, -0.25) is 4.55 Å². The maximum absolute atomic E-state index is 11.3. The van der Waals surface area contributed by atoms with Crippen molar-refractivity contribution in [2.75, 3.05) is 0 Å². The van der Waals surface area contributed by atoms with Gasteiger partial charge in [-0.15, -0.1) is 0 Å². The second-order valence-corrected chi connectivity index (χ2v) is 5.24. The monoisotopic (exact) mass is 236 g/mol. The zero-order valence-corrected chi connectivity index (χ0v) is 9.88. The lowest BCUT2D eigenvalue weighted by atomic mass is 10.0. The summed E-state index contributed by atoms with van der Waals surface area (Å²) in [6.07, 6.45) is 0. The van der Waals surface area contributed by atoms with Gasteiger partial charge in [-0.05, 0) is 36.4 Å². The van der Waals surface area contributed by atoms with Crippen molar-refractivity contribution in [3.63, 3.8) is 0 Å². The smallest absolute Gasteiger partial charge is 0.282 e. The highest BCUT2D eigenvalue weighted by Gasteiger charge is 2.15. The maximum atomic E-state index is 11.3. The molecule has 16 heavy (non-hydrogen) atoms. The first-order valence-corrected chi connectivity index (χ1v) is 6.31. The van der Waals surface area contributed by atoms with Gasteiger partial charge in [0.2, 0.25) is 0 Å². The molecular formula is C12H12O3S. The molecule has 0 aliphatic rings. The molecule has 0 saturated heterocycles. The Balaban J connectivity index is 3.04. The Morgan fingerprint density at radius 2 is 1.69 bits per heavy atom. The molecule has 0 atom stereocenters. The van der Waals surface area contributed by atoms with Crippen LogP contribution >= 0.6 is 0 Å². The fourth-order valence-corrected chi connectivity index (χ4v) is 2.68. The molecule has 84 valence electrons. The van der Waals surface area contributed by atoms with Crippen LogP contribution in [-0.2, 0) is 10.1 Å². The Labute approximate surface area is 94.5 Å². The Morgan fingerprint density at radius 1 is 1.00 bits per heavy atom. The first kappa shape index (κ1) is 11.1. The zero-order chi connectivity index (χ0) is 11.9. The van der Waals surface area contributed by atoms with Gasteiger partial charge in [0.05, 0.1) is 0 Å². The minimum atomic E-state index is -4.17. The number of fused-ring (bicyclic) bond motifs is 1. The lowest BCUT2D eigenvalue weighted by Crippen LogP contribution is -2.00. The van der Waals surface area contributed by atoms with Crippen LogP contribution in [-0.4, -0.2) is 13.0 Å². The Hall–Kier alpha value is -1.39. The molecule has 0 unspecified atom stereocenters. The Kier molecular flexibility index (Phi) is 2.48.